The predicted molar refractivity (Wildman–Crippen MR) is 96.9 cm³/mol. The van der Waals surface area contributed by atoms with Crippen LogP contribution in [0.1, 0.15) is 24.5 Å². The van der Waals surface area contributed by atoms with Gasteiger partial charge in [-0.3, -0.25) is 4.79 Å². The number of carbonyl (C=O) groups excluding carboxylic acids is 1. The second kappa shape index (κ2) is 7.34. The van der Waals surface area contributed by atoms with Gasteiger partial charge in [0.2, 0.25) is 5.91 Å². The SMILES string of the molecule is C[C@@H](Cn1ccnc1)NC(=O)/C=C\c1ccc2c(c1)CCCN2C. The summed E-state index contributed by atoms with van der Waals surface area (Å²) in [4.78, 5) is 18.4. The third-order valence-electron chi connectivity index (χ3n) is 4.31. The van der Waals surface area contributed by atoms with Crippen molar-refractivity contribution in [2.75, 3.05) is 18.5 Å². The lowest BCUT2D eigenvalue weighted by atomic mass is 9.99. The predicted octanol–water partition coefficient (Wildman–Crippen LogP) is 2.48. The number of rotatable bonds is 5. The van der Waals surface area contributed by atoms with Crippen LogP contribution in [0.15, 0.2) is 43.0 Å². The number of hydrogen-bond donors (Lipinski definition) is 1. The Labute approximate surface area is 143 Å². The molecule has 2 aromatic rings. The van der Waals surface area contributed by atoms with Crippen LogP contribution in [0.3, 0.4) is 0 Å². The van der Waals surface area contributed by atoms with Crippen molar-refractivity contribution in [2.45, 2.75) is 32.4 Å². The molecule has 0 unspecified atom stereocenters. The number of carbonyl (C=O) groups is 1. The van der Waals surface area contributed by atoms with Crippen LogP contribution in [0.5, 0.6) is 0 Å². The summed E-state index contributed by atoms with van der Waals surface area (Å²) < 4.78 is 1.95. The minimum atomic E-state index is -0.0718. The third-order valence-corrected chi connectivity index (χ3v) is 4.31. The van der Waals surface area contributed by atoms with E-state index in [0.717, 1.165) is 18.5 Å². The van der Waals surface area contributed by atoms with Crippen molar-refractivity contribution in [3.05, 3.63) is 54.1 Å². The number of benzene rings is 1. The Morgan fingerprint density at radius 3 is 3.12 bits per heavy atom. The van der Waals surface area contributed by atoms with Crippen LogP contribution in [0.4, 0.5) is 5.69 Å². The zero-order valence-corrected chi connectivity index (χ0v) is 14.3. The van der Waals surface area contributed by atoms with E-state index in [1.165, 1.54) is 17.7 Å². The lowest BCUT2D eigenvalue weighted by Crippen LogP contribution is -2.34. The summed E-state index contributed by atoms with van der Waals surface area (Å²) in [5.41, 5.74) is 3.73. The first-order valence-corrected chi connectivity index (χ1v) is 8.40. The molecule has 5 heteroatoms. The Kier molecular flexibility index (Phi) is 4.99. The molecule has 3 rings (SSSR count). The second-order valence-corrected chi connectivity index (χ2v) is 6.42. The molecule has 0 spiro atoms. The first-order valence-electron chi connectivity index (χ1n) is 8.40. The van der Waals surface area contributed by atoms with E-state index in [1.807, 2.05) is 23.8 Å². The van der Waals surface area contributed by atoms with Gasteiger partial charge in [0.15, 0.2) is 0 Å². The largest absolute Gasteiger partial charge is 0.374 e. The van der Waals surface area contributed by atoms with Gasteiger partial charge in [-0.05, 0) is 49.1 Å². The van der Waals surface area contributed by atoms with Gasteiger partial charge in [0.1, 0.15) is 0 Å². The summed E-state index contributed by atoms with van der Waals surface area (Å²) in [7, 11) is 2.13. The summed E-state index contributed by atoms with van der Waals surface area (Å²) in [6, 6.07) is 6.45. The van der Waals surface area contributed by atoms with E-state index < -0.39 is 0 Å². The van der Waals surface area contributed by atoms with Crippen molar-refractivity contribution in [3.63, 3.8) is 0 Å². The molecule has 0 bridgehead atoms. The monoisotopic (exact) mass is 324 g/mol. The number of anilines is 1. The van der Waals surface area contributed by atoms with E-state index in [-0.39, 0.29) is 11.9 Å². The highest BCUT2D eigenvalue weighted by Crippen LogP contribution is 2.27. The van der Waals surface area contributed by atoms with Gasteiger partial charge in [-0.1, -0.05) is 6.07 Å². The van der Waals surface area contributed by atoms with Gasteiger partial charge in [-0.2, -0.15) is 0 Å². The molecule has 0 fully saturated rings. The van der Waals surface area contributed by atoms with E-state index in [2.05, 4.69) is 40.4 Å². The van der Waals surface area contributed by atoms with E-state index in [9.17, 15) is 4.79 Å². The summed E-state index contributed by atoms with van der Waals surface area (Å²) in [6.07, 6.45) is 11.2. The minimum Gasteiger partial charge on any atom is -0.374 e. The van der Waals surface area contributed by atoms with Crippen LogP contribution in [0, 0.1) is 0 Å². The molecule has 1 atom stereocenters. The minimum absolute atomic E-state index is 0.0496. The molecule has 1 aliphatic heterocycles. The maximum atomic E-state index is 12.1. The van der Waals surface area contributed by atoms with Crippen molar-refractivity contribution in [1.29, 1.82) is 0 Å². The zero-order valence-electron chi connectivity index (χ0n) is 14.3. The Morgan fingerprint density at radius 2 is 2.33 bits per heavy atom. The normalized spacial score (nSPS) is 15.3. The molecule has 24 heavy (non-hydrogen) atoms. The lowest BCUT2D eigenvalue weighted by molar-refractivity contribution is -0.117. The van der Waals surface area contributed by atoms with Crippen molar-refractivity contribution in [3.8, 4) is 0 Å². The highest BCUT2D eigenvalue weighted by Gasteiger charge is 2.13. The third kappa shape index (κ3) is 4.04. The summed E-state index contributed by atoms with van der Waals surface area (Å²) in [6.45, 7) is 3.81. The Balaban J connectivity index is 1.58. The van der Waals surface area contributed by atoms with Gasteiger partial charge in [0.25, 0.3) is 0 Å². The zero-order chi connectivity index (χ0) is 16.9. The highest BCUT2D eigenvalue weighted by atomic mass is 16.1. The molecule has 0 saturated heterocycles. The van der Waals surface area contributed by atoms with Crippen LogP contribution >= 0.6 is 0 Å². The van der Waals surface area contributed by atoms with E-state index in [1.54, 1.807) is 18.6 Å². The molecule has 1 N–H and O–H groups in total. The van der Waals surface area contributed by atoms with Gasteiger partial charge in [-0.25, -0.2) is 4.98 Å². The Bertz CT molecular complexity index is 721. The van der Waals surface area contributed by atoms with Crippen LogP contribution in [-0.4, -0.2) is 35.1 Å². The molecule has 1 aromatic carbocycles. The first kappa shape index (κ1) is 16.3. The Hall–Kier alpha value is -2.56. The molecular weight excluding hydrogens is 300 g/mol. The second-order valence-electron chi connectivity index (χ2n) is 6.42. The van der Waals surface area contributed by atoms with E-state index >= 15 is 0 Å². The van der Waals surface area contributed by atoms with Gasteiger partial charge >= 0.3 is 0 Å². The summed E-state index contributed by atoms with van der Waals surface area (Å²) in [5.74, 6) is -0.0718. The number of hydrogen-bond acceptors (Lipinski definition) is 3. The highest BCUT2D eigenvalue weighted by molar-refractivity contribution is 5.92. The number of imidazole rings is 1. The molecule has 1 aromatic heterocycles. The number of aromatic nitrogens is 2. The van der Waals surface area contributed by atoms with E-state index in [4.69, 9.17) is 0 Å². The molecule has 2 heterocycles. The van der Waals surface area contributed by atoms with Crippen LogP contribution in [0.25, 0.3) is 6.08 Å². The van der Waals surface area contributed by atoms with Crippen molar-refractivity contribution in [2.24, 2.45) is 0 Å². The molecule has 0 aliphatic carbocycles. The van der Waals surface area contributed by atoms with Crippen molar-refractivity contribution >= 4 is 17.7 Å². The molecular formula is C19H24N4O. The van der Waals surface area contributed by atoms with Crippen molar-refractivity contribution < 1.29 is 4.79 Å². The quantitative estimate of drug-likeness (QED) is 0.860. The first-order chi connectivity index (χ1) is 11.6. The molecule has 1 amide bonds. The van der Waals surface area contributed by atoms with E-state index in [0.29, 0.717) is 6.54 Å². The van der Waals surface area contributed by atoms with Gasteiger partial charge in [-0.15, -0.1) is 0 Å². The fraction of sp³-hybridized carbons (Fsp3) is 0.368. The lowest BCUT2D eigenvalue weighted by Gasteiger charge is -2.27. The number of nitrogens with one attached hydrogen (secondary N) is 1. The summed E-state index contributed by atoms with van der Waals surface area (Å²) >= 11 is 0. The maximum Gasteiger partial charge on any atom is 0.244 e. The molecule has 1 aliphatic rings. The number of fused-ring (bicyclic) bond motifs is 1. The van der Waals surface area contributed by atoms with Gasteiger partial charge < -0.3 is 14.8 Å². The van der Waals surface area contributed by atoms with Gasteiger partial charge in [0.05, 0.1) is 6.33 Å². The topological polar surface area (TPSA) is 50.2 Å². The Morgan fingerprint density at radius 1 is 1.46 bits per heavy atom. The average molecular weight is 324 g/mol. The van der Waals surface area contributed by atoms with Crippen LogP contribution in [-0.2, 0) is 17.8 Å². The number of nitrogens with zero attached hydrogens (tertiary/aromatic N) is 3. The summed E-state index contributed by atoms with van der Waals surface area (Å²) in [5, 5.41) is 2.98. The molecule has 0 radical (unpaired) electrons. The fourth-order valence-corrected chi connectivity index (χ4v) is 3.13. The number of amides is 1. The number of aryl methyl sites for hydroxylation is 1. The standard InChI is InChI=1S/C19H24N4O/c1-15(13-23-11-9-20-14-23)21-19(24)8-6-16-5-7-18-17(12-16)4-3-10-22(18)2/h5-9,11-12,14-15H,3-4,10,13H2,1-2H3,(H,21,24)/b8-6-/t15-/m0/s1. The maximum absolute atomic E-state index is 12.1. The fourth-order valence-electron chi connectivity index (χ4n) is 3.13. The average Bonchev–Trinajstić information content (AvgIpc) is 3.06. The van der Waals surface area contributed by atoms with Crippen LogP contribution < -0.4 is 10.2 Å². The molecule has 5 nitrogen and oxygen atoms in total. The molecule has 126 valence electrons. The van der Waals surface area contributed by atoms with Crippen LogP contribution in [0.2, 0.25) is 0 Å². The molecule has 0 saturated carbocycles. The smallest absolute Gasteiger partial charge is 0.244 e. The van der Waals surface area contributed by atoms with Crippen molar-refractivity contribution in [1.82, 2.24) is 14.9 Å². The van der Waals surface area contributed by atoms with Gasteiger partial charge in [0, 0.05) is 50.3 Å².